The fourth-order valence-electron chi connectivity index (χ4n) is 3.43. The van der Waals surface area contributed by atoms with E-state index in [1.165, 1.54) is 56.4 Å². The molecule has 0 amide bonds. The van der Waals surface area contributed by atoms with Crippen molar-refractivity contribution in [3.05, 3.63) is 29.3 Å². The molecule has 92 valence electrons. The molecule has 1 aliphatic heterocycles. The van der Waals surface area contributed by atoms with Crippen LogP contribution in [0, 0.1) is 0 Å². The topological polar surface area (TPSA) is 29.3 Å². The standard InChI is InChI=1S/C15H22N2/c16-11-12-5-3-7-14-13(12)6-4-8-15(14)17-9-1-2-10-17/h4,6,8,12H,1-3,5,7,9-11,16H2. The van der Waals surface area contributed by atoms with Crippen LogP contribution >= 0.6 is 0 Å². The Morgan fingerprint density at radius 2 is 2.00 bits per heavy atom. The summed E-state index contributed by atoms with van der Waals surface area (Å²) in [4.78, 5) is 2.57. The number of rotatable bonds is 2. The average molecular weight is 230 g/mol. The molecule has 2 nitrogen and oxygen atoms in total. The number of nitrogens with two attached hydrogens (primary N) is 1. The maximum Gasteiger partial charge on any atom is 0.0401 e. The van der Waals surface area contributed by atoms with Crippen LogP contribution in [-0.4, -0.2) is 19.6 Å². The Balaban J connectivity index is 1.99. The molecular formula is C15H22N2. The van der Waals surface area contributed by atoms with Gasteiger partial charge in [0, 0.05) is 18.8 Å². The number of anilines is 1. The van der Waals surface area contributed by atoms with E-state index in [2.05, 4.69) is 23.1 Å². The molecule has 0 bridgehead atoms. The van der Waals surface area contributed by atoms with Crippen LogP contribution in [0.25, 0.3) is 0 Å². The second kappa shape index (κ2) is 4.69. The first-order valence-electron chi connectivity index (χ1n) is 6.97. The lowest BCUT2D eigenvalue weighted by atomic mass is 9.82. The van der Waals surface area contributed by atoms with E-state index in [0.717, 1.165) is 6.54 Å². The van der Waals surface area contributed by atoms with Crippen LogP contribution in [0.15, 0.2) is 18.2 Å². The van der Waals surface area contributed by atoms with Crippen LogP contribution < -0.4 is 10.6 Å². The van der Waals surface area contributed by atoms with E-state index in [0.29, 0.717) is 5.92 Å². The molecule has 1 saturated heterocycles. The summed E-state index contributed by atoms with van der Waals surface area (Å²) in [5.41, 5.74) is 10.5. The second-order valence-electron chi connectivity index (χ2n) is 5.36. The molecular weight excluding hydrogens is 208 g/mol. The Hall–Kier alpha value is -1.02. The average Bonchev–Trinajstić information content (AvgIpc) is 2.91. The fraction of sp³-hybridized carbons (Fsp3) is 0.600. The quantitative estimate of drug-likeness (QED) is 0.846. The summed E-state index contributed by atoms with van der Waals surface area (Å²) < 4.78 is 0. The third-order valence-electron chi connectivity index (χ3n) is 4.34. The number of nitrogens with zero attached hydrogens (tertiary/aromatic N) is 1. The number of fused-ring (bicyclic) bond motifs is 1. The highest BCUT2D eigenvalue weighted by atomic mass is 15.1. The van der Waals surface area contributed by atoms with Gasteiger partial charge in [-0.05, 0) is 61.8 Å². The van der Waals surface area contributed by atoms with Gasteiger partial charge in [0.15, 0.2) is 0 Å². The van der Waals surface area contributed by atoms with E-state index in [4.69, 9.17) is 5.73 Å². The molecule has 17 heavy (non-hydrogen) atoms. The van der Waals surface area contributed by atoms with Crippen LogP contribution in [0.1, 0.15) is 42.7 Å². The summed E-state index contributed by atoms with van der Waals surface area (Å²) in [6.45, 7) is 3.28. The van der Waals surface area contributed by atoms with E-state index >= 15 is 0 Å². The molecule has 1 unspecified atom stereocenters. The highest BCUT2D eigenvalue weighted by Gasteiger charge is 2.24. The first kappa shape index (κ1) is 11.1. The second-order valence-corrected chi connectivity index (χ2v) is 5.36. The largest absolute Gasteiger partial charge is 0.371 e. The minimum absolute atomic E-state index is 0.598. The molecule has 0 aromatic heterocycles. The Kier molecular flexibility index (Phi) is 3.06. The van der Waals surface area contributed by atoms with Gasteiger partial charge in [0.2, 0.25) is 0 Å². The zero-order valence-electron chi connectivity index (χ0n) is 10.5. The van der Waals surface area contributed by atoms with Gasteiger partial charge in [0.05, 0.1) is 0 Å². The van der Waals surface area contributed by atoms with Gasteiger partial charge in [-0.1, -0.05) is 12.1 Å². The number of hydrogen-bond acceptors (Lipinski definition) is 2. The van der Waals surface area contributed by atoms with E-state index < -0.39 is 0 Å². The number of hydrogen-bond donors (Lipinski definition) is 1. The summed E-state index contributed by atoms with van der Waals surface area (Å²) in [6, 6.07) is 6.83. The van der Waals surface area contributed by atoms with Gasteiger partial charge in [-0.2, -0.15) is 0 Å². The van der Waals surface area contributed by atoms with Crippen molar-refractivity contribution >= 4 is 5.69 Å². The monoisotopic (exact) mass is 230 g/mol. The van der Waals surface area contributed by atoms with E-state index in [1.807, 2.05) is 0 Å². The molecule has 3 rings (SSSR count). The molecule has 0 spiro atoms. The highest BCUT2D eigenvalue weighted by molar-refractivity contribution is 5.59. The predicted octanol–water partition coefficient (Wildman–Crippen LogP) is 2.67. The fourth-order valence-corrected chi connectivity index (χ4v) is 3.43. The van der Waals surface area contributed by atoms with E-state index in [9.17, 15) is 0 Å². The minimum Gasteiger partial charge on any atom is -0.371 e. The molecule has 2 N–H and O–H groups in total. The Morgan fingerprint density at radius 3 is 2.76 bits per heavy atom. The maximum absolute atomic E-state index is 5.91. The number of benzene rings is 1. The smallest absolute Gasteiger partial charge is 0.0401 e. The van der Waals surface area contributed by atoms with Crippen LogP contribution in [-0.2, 0) is 6.42 Å². The van der Waals surface area contributed by atoms with Gasteiger partial charge >= 0.3 is 0 Å². The van der Waals surface area contributed by atoms with Gasteiger partial charge in [0.1, 0.15) is 0 Å². The van der Waals surface area contributed by atoms with Crippen molar-refractivity contribution in [3.8, 4) is 0 Å². The molecule has 1 aromatic carbocycles. The SMILES string of the molecule is NCC1CCCc2c1cccc2N1CCCC1. The van der Waals surface area contributed by atoms with E-state index in [1.54, 1.807) is 5.56 Å². The first-order valence-corrected chi connectivity index (χ1v) is 6.97. The zero-order chi connectivity index (χ0) is 11.7. The molecule has 1 fully saturated rings. The van der Waals surface area contributed by atoms with Crippen molar-refractivity contribution in [2.75, 3.05) is 24.5 Å². The highest BCUT2D eigenvalue weighted by Crippen LogP contribution is 2.37. The van der Waals surface area contributed by atoms with Gasteiger partial charge in [0.25, 0.3) is 0 Å². The minimum atomic E-state index is 0.598. The van der Waals surface area contributed by atoms with Gasteiger partial charge in [-0.3, -0.25) is 0 Å². The Bertz CT molecular complexity index is 394. The van der Waals surface area contributed by atoms with Crippen LogP contribution in [0.2, 0.25) is 0 Å². The Labute approximate surface area is 104 Å². The normalized spacial score (nSPS) is 23.8. The van der Waals surface area contributed by atoms with Gasteiger partial charge < -0.3 is 10.6 Å². The maximum atomic E-state index is 5.91. The van der Waals surface area contributed by atoms with Crippen LogP contribution in [0.4, 0.5) is 5.69 Å². The molecule has 2 heteroatoms. The lowest BCUT2D eigenvalue weighted by molar-refractivity contribution is 0.560. The van der Waals surface area contributed by atoms with Crippen LogP contribution in [0.3, 0.4) is 0 Å². The zero-order valence-corrected chi connectivity index (χ0v) is 10.5. The van der Waals surface area contributed by atoms with Crippen molar-refractivity contribution in [1.29, 1.82) is 0 Å². The lowest BCUT2D eigenvalue weighted by Crippen LogP contribution is -2.23. The predicted molar refractivity (Wildman–Crippen MR) is 72.6 cm³/mol. The van der Waals surface area contributed by atoms with E-state index in [-0.39, 0.29) is 0 Å². The molecule has 1 atom stereocenters. The van der Waals surface area contributed by atoms with Gasteiger partial charge in [-0.25, -0.2) is 0 Å². The summed E-state index contributed by atoms with van der Waals surface area (Å²) in [5.74, 6) is 0.598. The molecule has 1 aliphatic carbocycles. The third-order valence-corrected chi connectivity index (χ3v) is 4.34. The molecule has 2 aliphatic rings. The molecule has 1 aromatic rings. The first-order chi connectivity index (χ1) is 8.40. The molecule has 1 heterocycles. The van der Waals surface area contributed by atoms with Crippen molar-refractivity contribution in [3.63, 3.8) is 0 Å². The van der Waals surface area contributed by atoms with Crippen LogP contribution in [0.5, 0.6) is 0 Å². The molecule has 0 saturated carbocycles. The summed E-state index contributed by atoms with van der Waals surface area (Å²) >= 11 is 0. The summed E-state index contributed by atoms with van der Waals surface area (Å²) in [6.07, 6.45) is 6.53. The van der Waals surface area contributed by atoms with Crippen molar-refractivity contribution in [2.24, 2.45) is 5.73 Å². The van der Waals surface area contributed by atoms with Crippen molar-refractivity contribution < 1.29 is 0 Å². The summed E-state index contributed by atoms with van der Waals surface area (Å²) in [5, 5.41) is 0. The lowest BCUT2D eigenvalue weighted by Gasteiger charge is -2.30. The summed E-state index contributed by atoms with van der Waals surface area (Å²) in [7, 11) is 0. The van der Waals surface area contributed by atoms with Gasteiger partial charge in [-0.15, -0.1) is 0 Å². The van der Waals surface area contributed by atoms with Crippen molar-refractivity contribution in [2.45, 2.75) is 38.0 Å². The van der Waals surface area contributed by atoms with Crippen molar-refractivity contribution in [1.82, 2.24) is 0 Å². The third kappa shape index (κ3) is 1.95. The Morgan fingerprint density at radius 1 is 1.18 bits per heavy atom. The molecule has 0 radical (unpaired) electrons.